The summed E-state index contributed by atoms with van der Waals surface area (Å²) in [7, 11) is 2.18. The molecule has 1 rings (SSSR count). The molecule has 1 aliphatic carbocycles. The highest BCUT2D eigenvalue weighted by Crippen LogP contribution is 2.54. The second kappa shape index (κ2) is 3.47. The van der Waals surface area contributed by atoms with Gasteiger partial charge < -0.3 is 0 Å². The van der Waals surface area contributed by atoms with Crippen LogP contribution in [0.4, 0.5) is 0 Å². The fourth-order valence-electron chi connectivity index (χ4n) is 1.70. The maximum atomic E-state index is 4.10. The van der Waals surface area contributed by atoms with E-state index in [1.807, 2.05) is 0 Å². The predicted molar refractivity (Wildman–Crippen MR) is 52.0 cm³/mol. The minimum Gasteiger partial charge on any atom is -0.110 e. The first kappa shape index (κ1) is 8.90. The maximum absolute atomic E-state index is 4.10. The highest BCUT2D eigenvalue weighted by molar-refractivity contribution is 6.44. The quantitative estimate of drug-likeness (QED) is 0.526. The van der Waals surface area contributed by atoms with Gasteiger partial charge in [0, 0.05) is 0 Å². The van der Waals surface area contributed by atoms with Crippen LogP contribution in [0.25, 0.3) is 0 Å². The van der Waals surface area contributed by atoms with E-state index in [9.17, 15) is 0 Å². The molecule has 0 nitrogen and oxygen atoms in total. The molecule has 0 saturated heterocycles. The molecule has 1 radical (unpaired) electrons. The zero-order valence-electron chi connectivity index (χ0n) is 7.82. The number of hydrogen-bond donors (Lipinski definition) is 0. The molecule has 0 spiro atoms. The van der Waals surface area contributed by atoms with Crippen molar-refractivity contribution < 1.29 is 0 Å². The summed E-state index contributed by atoms with van der Waals surface area (Å²) in [5.41, 5.74) is 1.94. The second-order valence-electron chi connectivity index (χ2n) is 3.70. The van der Waals surface area contributed by atoms with Gasteiger partial charge >= 0.3 is 0 Å². The van der Waals surface area contributed by atoms with Crippen LogP contribution in [0.5, 0.6) is 0 Å². The van der Waals surface area contributed by atoms with Gasteiger partial charge in [-0.2, -0.15) is 0 Å². The number of hydrogen-bond acceptors (Lipinski definition) is 0. The van der Waals surface area contributed by atoms with Gasteiger partial charge in [0.25, 0.3) is 0 Å². The molecule has 0 aromatic heterocycles. The maximum Gasteiger partial charge on any atom is 0.142 e. The Morgan fingerprint density at radius 3 is 2.55 bits per heavy atom. The van der Waals surface area contributed by atoms with Crippen LogP contribution in [0.15, 0.2) is 12.1 Å². The van der Waals surface area contributed by atoms with E-state index in [2.05, 4.69) is 27.6 Å². The van der Waals surface area contributed by atoms with Gasteiger partial charge in [-0.3, -0.25) is 0 Å². The van der Waals surface area contributed by atoms with Crippen molar-refractivity contribution in [1.29, 1.82) is 0 Å². The Labute approximate surface area is 71.3 Å². The lowest BCUT2D eigenvalue weighted by Gasteiger charge is -2.15. The standard InChI is InChI=1S/C10H18B/c1-4-5-6-10(7-8-10)9(2)11-3/h2,4-8H2,1,3H3. The van der Waals surface area contributed by atoms with E-state index in [4.69, 9.17) is 0 Å². The topological polar surface area (TPSA) is 0 Å². The van der Waals surface area contributed by atoms with Crippen LogP contribution < -0.4 is 0 Å². The van der Waals surface area contributed by atoms with Crippen molar-refractivity contribution in [3.05, 3.63) is 12.1 Å². The zero-order chi connectivity index (χ0) is 8.32. The van der Waals surface area contributed by atoms with E-state index in [0.29, 0.717) is 5.41 Å². The third-order valence-corrected chi connectivity index (χ3v) is 2.89. The van der Waals surface area contributed by atoms with Crippen molar-refractivity contribution in [1.82, 2.24) is 0 Å². The Kier molecular flexibility index (Phi) is 2.81. The molecule has 11 heavy (non-hydrogen) atoms. The van der Waals surface area contributed by atoms with Crippen molar-refractivity contribution in [3.63, 3.8) is 0 Å². The molecule has 1 aliphatic rings. The van der Waals surface area contributed by atoms with Crippen molar-refractivity contribution >= 4 is 7.28 Å². The normalized spacial score (nSPS) is 19.5. The summed E-state index contributed by atoms with van der Waals surface area (Å²) in [6, 6.07) is 0. The average Bonchev–Trinajstić information content (AvgIpc) is 2.80. The van der Waals surface area contributed by atoms with Crippen LogP contribution in [-0.4, -0.2) is 7.28 Å². The SMILES string of the molecule is C=C([B]C)C1(CCCC)CC1. The predicted octanol–water partition coefficient (Wildman–Crippen LogP) is 3.22. The van der Waals surface area contributed by atoms with Gasteiger partial charge in [0.1, 0.15) is 7.28 Å². The van der Waals surface area contributed by atoms with E-state index >= 15 is 0 Å². The highest BCUT2D eigenvalue weighted by atomic mass is 14.4. The zero-order valence-corrected chi connectivity index (χ0v) is 7.82. The summed E-state index contributed by atoms with van der Waals surface area (Å²) >= 11 is 0. The summed E-state index contributed by atoms with van der Waals surface area (Å²) in [5, 5.41) is 0. The van der Waals surface area contributed by atoms with E-state index in [1.165, 1.54) is 37.6 Å². The first-order chi connectivity index (χ1) is 5.25. The van der Waals surface area contributed by atoms with Gasteiger partial charge in [-0.25, -0.2) is 0 Å². The van der Waals surface area contributed by atoms with Gasteiger partial charge in [0.05, 0.1) is 0 Å². The second-order valence-corrected chi connectivity index (χ2v) is 3.70. The first-order valence-corrected chi connectivity index (χ1v) is 4.74. The summed E-state index contributed by atoms with van der Waals surface area (Å²) in [4.78, 5) is 0. The minimum absolute atomic E-state index is 0.560. The Balaban J connectivity index is 2.34. The van der Waals surface area contributed by atoms with Gasteiger partial charge in [-0.1, -0.05) is 26.6 Å². The molecule has 1 fully saturated rings. The van der Waals surface area contributed by atoms with E-state index in [0.717, 1.165) is 0 Å². The minimum atomic E-state index is 0.560. The van der Waals surface area contributed by atoms with Crippen molar-refractivity contribution in [3.8, 4) is 0 Å². The molecule has 1 heteroatoms. The number of allylic oxidation sites excluding steroid dienone is 1. The Morgan fingerprint density at radius 2 is 2.18 bits per heavy atom. The average molecular weight is 149 g/mol. The van der Waals surface area contributed by atoms with Gasteiger partial charge in [0.2, 0.25) is 0 Å². The molecule has 0 amide bonds. The Bertz CT molecular complexity index is 145. The summed E-state index contributed by atoms with van der Waals surface area (Å²) in [6.07, 6.45) is 6.82. The van der Waals surface area contributed by atoms with Crippen LogP contribution >= 0.6 is 0 Å². The Morgan fingerprint density at radius 1 is 1.55 bits per heavy atom. The molecule has 0 aromatic carbocycles. The lowest BCUT2D eigenvalue weighted by Crippen LogP contribution is -2.07. The first-order valence-electron chi connectivity index (χ1n) is 4.74. The lowest BCUT2D eigenvalue weighted by atomic mass is 9.64. The van der Waals surface area contributed by atoms with Gasteiger partial charge in [-0.15, -0.1) is 12.1 Å². The van der Waals surface area contributed by atoms with Crippen molar-refractivity contribution in [2.24, 2.45) is 5.41 Å². The van der Waals surface area contributed by atoms with Crippen LogP contribution in [0.3, 0.4) is 0 Å². The monoisotopic (exact) mass is 149 g/mol. The summed E-state index contributed by atoms with van der Waals surface area (Å²) in [6.45, 7) is 8.47. The third-order valence-electron chi connectivity index (χ3n) is 2.89. The molecule has 61 valence electrons. The van der Waals surface area contributed by atoms with Crippen LogP contribution in [0.1, 0.15) is 39.0 Å². The summed E-state index contributed by atoms with van der Waals surface area (Å²) < 4.78 is 0. The van der Waals surface area contributed by atoms with Crippen LogP contribution in [0.2, 0.25) is 6.82 Å². The largest absolute Gasteiger partial charge is 0.142 e. The number of unbranched alkanes of at least 4 members (excludes halogenated alkanes) is 1. The van der Waals surface area contributed by atoms with Crippen LogP contribution in [0, 0.1) is 5.41 Å². The third kappa shape index (κ3) is 1.88. The molecule has 0 aliphatic heterocycles. The molecule has 0 N–H and O–H groups in total. The van der Waals surface area contributed by atoms with E-state index in [1.54, 1.807) is 0 Å². The molecule has 1 saturated carbocycles. The molecular weight excluding hydrogens is 131 g/mol. The fraction of sp³-hybridized carbons (Fsp3) is 0.800. The molecule has 0 bridgehead atoms. The summed E-state index contributed by atoms with van der Waals surface area (Å²) in [5.74, 6) is 0. The van der Waals surface area contributed by atoms with Gasteiger partial charge in [0.15, 0.2) is 0 Å². The molecule has 0 aromatic rings. The molecule has 0 atom stereocenters. The van der Waals surface area contributed by atoms with Crippen molar-refractivity contribution in [2.75, 3.05) is 0 Å². The fourth-order valence-corrected chi connectivity index (χ4v) is 1.70. The molecule has 0 unspecified atom stereocenters. The molecular formula is C10H18B. The van der Waals surface area contributed by atoms with Crippen LogP contribution in [-0.2, 0) is 0 Å². The van der Waals surface area contributed by atoms with E-state index < -0.39 is 0 Å². The Hall–Kier alpha value is -0.195. The lowest BCUT2D eigenvalue weighted by molar-refractivity contribution is 0.535. The van der Waals surface area contributed by atoms with E-state index in [-0.39, 0.29) is 0 Å². The highest BCUT2D eigenvalue weighted by Gasteiger charge is 2.42. The molecule has 0 heterocycles. The smallest absolute Gasteiger partial charge is 0.110 e. The van der Waals surface area contributed by atoms with Crippen molar-refractivity contribution in [2.45, 2.75) is 45.9 Å². The number of rotatable bonds is 5. The van der Waals surface area contributed by atoms with Gasteiger partial charge in [-0.05, 0) is 24.7 Å².